The first-order valence-electron chi connectivity index (χ1n) is 7.42. The van der Waals surface area contributed by atoms with Crippen LogP contribution in [0.25, 0.3) is 0 Å². The van der Waals surface area contributed by atoms with Crippen LogP contribution in [0.15, 0.2) is 10.4 Å². The van der Waals surface area contributed by atoms with Crippen LogP contribution in [0.3, 0.4) is 0 Å². The molecule has 0 atom stereocenters. The Hall–Kier alpha value is -0.900. The largest absolute Gasteiger partial charge is 0.359 e. The molecular weight excluding hydrogens is 425 g/mol. The second kappa shape index (κ2) is 10.1. The van der Waals surface area contributed by atoms with Gasteiger partial charge in [-0.1, -0.05) is 0 Å². The number of thiazole rings is 1. The van der Waals surface area contributed by atoms with Crippen LogP contribution in [0.2, 0.25) is 0 Å². The molecule has 0 aromatic carbocycles. The monoisotopic (exact) mass is 453 g/mol. The van der Waals surface area contributed by atoms with Crippen LogP contribution in [0.5, 0.6) is 0 Å². The number of guanidine groups is 1. The molecule has 0 aliphatic rings. The first-order chi connectivity index (χ1) is 10.3. The number of nitrogens with zero attached hydrogens (tertiary/aromatic N) is 3. The number of aryl methyl sites for hydroxylation is 1. The van der Waals surface area contributed by atoms with E-state index in [1.54, 1.807) is 18.4 Å². The first-order valence-corrected chi connectivity index (χ1v) is 8.30. The minimum absolute atomic E-state index is 0. The van der Waals surface area contributed by atoms with E-state index in [0.717, 1.165) is 23.2 Å². The topological polar surface area (TPSA) is 69.6 Å². The Balaban J connectivity index is 0.00000484. The van der Waals surface area contributed by atoms with Gasteiger partial charge >= 0.3 is 0 Å². The molecule has 0 bridgehead atoms. The number of aliphatic imine (C=N–C) groups is 1. The summed E-state index contributed by atoms with van der Waals surface area (Å²) in [6, 6.07) is 0. The molecule has 0 aliphatic carbocycles. The maximum Gasteiger partial charge on any atom is 0.227 e. The Kier molecular flexibility index (Phi) is 9.67. The molecule has 0 radical (unpaired) electrons. The van der Waals surface area contributed by atoms with Crippen molar-refractivity contribution in [2.24, 2.45) is 10.4 Å². The SMILES string of the molecule is CCNC(=NCC(C)(C)C(=O)NC)N(C)Cc1csc(C)n1.I. The van der Waals surface area contributed by atoms with Crippen molar-refractivity contribution in [1.82, 2.24) is 20.5 Å². The average Bonchev–Trinajstić information content (AvgIpc) is 2.87. The summed E-state index contributed by atoms with van der Waals surface area (Å²) in [5.74, 6) is 0.773. The molecule has 0 saturated heterocycles. The predicted octanol–water partition coefficient (Wildman–Crippen LogP) is 2.24. The Bertz CT molecular complexity index is 530. The third-order valence-corrected chi connectivity index (χ3v) is 4.05. The molecule has 0 aliphatic heterocycles. The van der Waals surface area contributed by atoms with Crippen molar-refractivity contribution in [2.45, 2.75) is 34.2 Å². The summed E-state index contributed by atoms with van der Waals surface area (Å²) in [4.78, 5) is 22.9. The molecule has 1 amide bonds. The lowest BCUT2D eigenvalue weighted by Gasteiger charge is -2.24. The summed E-state index contributed by atoms with van der Waals surface area (Å²) in [7, 11) is 3.62. The van der Waals surface area contributed by atoms with Gasteiger partial charge in [0.15, 0.2) is 5.96 Å². The number of halogens is 1. The van der Waals surface area contributed by atoms with Crippen LogP contribution in [0.4, 0.5) is 0 Å². The van der Waals surface area contributed by atoms with Crippen LogP contribution in [-0.2, 0) is 11.3 Å². The highest BCUT2D eigenvalue weighted by Gasteiger charge is 2.26. The van der Waals surface area contributed by atoms with Gasteiger partial charge in [0.25, 0.3) is 0 Å². The third-order valence-electron chi connectivity index (χ3n) is 3.23. The highest BCUT2D eigenvalue weighted by molar-refractivity contribution is 14.0. The lowest BCUT2D eigenvalue weighted by molar-refractivity contribution is -0.128. The molecule has 0 saturated carbocycles. The highest BCUT2D eigenvalue weighted by atomic mass is 127. The molecule has 0 unspecified atom stereocenters. The molecule has 8 heteroatoms. The lowest BCUT2D eigenvalue weighted by atomic mass is 9.93. The summed E-state index contributed by atoms with van der Waals surface area (Å²) in [5, 5.41) is 9.06. The highest BCUT2D eigenvalue weighted by Crippen LogP contribution is 2.16. The molecule has 6 nitrogen and oxygen atoms in total. The van der Waals surface area contributed by atoms with E-state index in [1.807, 2.05) is 39.6 Å². The van der Waals surface area contributed by atoms with E-state index < -0.39 is 5.41 Å². The van der Waals surface area contributed by atoms with E-state index in [2.05, 4.69) is 26.0 Å². The fraction of sp³-hybridized carbons (Fsp3) is 0.667. The van der Waals surface area contributed by atoms with E-state index >= 15 is 0 Å². The van der Waals surface area contributed by atoms with E-state index in [0.29, 0.717) is 13.1 Å². The van der Waals surface area contributed by atoms with Gasteiger partial charge < -0.3 is 15.5 Å². The van der Waals surface area contributed by atoms with Crippen molar-refractivity contribution in [2.75, 3.05) is 27.2 Å². The normalized spacial score (nSPS) is 11.7. The number of amides is 1. The zero-order valence-electron chi connectivity index (χ0n) is 14.8. The fourth-order valence-electron chi connectivity index (χ4n) is 1.95. The maximum absolute atomic E-state index is 11.8. The molecular formula is C15H28IN5OS. The Morgan fingerprint density at radius 1 is 1.48 bits per heavy atom. The van der Waals surface area contributed by atoms with Gasteiger partial charge in [0.05, 0.1) is 29.2 Å². The van der Waals surface area contributed by atoms with E-state index in [1.165, 1.54) is 0 Å². The molecule has 1 heterocycles. The second-order valence-electron chi connectivity index (χ2n) is 5.85. The third kappa shape index (κ3) is 7.03. The van der Waals surface area contributed by atoms with Crippen molar-refractivity contribution >= 4 is 47.2 Å². The van der Waals surface area contributed by atoms with Crippen LogP contribution >= 0.6 is 35.3 Å². The number of hydrogen-bond acceptors (Lipinski definition) is 4. The number of nitrogens with one attached hydrogen (secondary N) is 2. The minimum atomic E-state index is -0.534. The first kappa shape index (κ1) is 22.1. The predicted molar refractivity (Wildman–Crippen MR) is 108 cm³/mol. The van der Waals surface area contributed by atoms with Crippen molar-refractivity contribution in [3.8, 4) is 0 Å². The van der Waals surface area contributed by atoms with Gasteiger partial charge in [-0.05, 0) is 27.7 Å². The van der Waals surface area contributed by atoms with Gasteiger partial charge in [0, 0.05) is 26.0 Å². The van der Waals surface area contributed by atoms with E-state index in [-0.39, 0.29) is 29.9 Å². The van der Waals surface area contributed by atoms with Gasteiger partial charge in [0.1, 0.15) is 0 Å². The van der Waals surface area contributed by atoms with Gasteiger partial charge in [-0.25, -0.2) is 4.98 Å². The molecule has 23 heavy (non-hydrogen) atoms. The van der Waals surface area contributed by atoms with E-state index in [9.17, 15) is 4.79 Å². The number of hydrogen-bond donors (Lipinski definition) is 2. The minimum Gasteiger partial charge on any atom is -0.359 e. The van der Waals surface area contributed by atoms with Crippen molar-refractivity contribution < 1.29 is 4.79 Å². The van der Waals surface area contributed by atoms with Crippen LogP contribution in [-0.4, -0.2) is 48.9 Å². The number of rotatable bonds is 6. The summed E-state index contributed by atoms with van der Waals surface area (Å²) >= 11 is 1.64. The second-order valence-corrected chi connectivity index (χ2v) is 6.91. The number of carbonyl (C=O) groups excluding carboxylic acids is 1. The zero-order chi connectivity index (χ0) is 16.8. The quantitative estimate of drug-likeness (QED) is 0.394. The fourth-order valence-corrected chi connectivity index (χ4v) is 2.55. The lowest BCUT2D eigenvalue weighted by Crippen LogP contribution is -2.41. The number of carbonyl (C=O) groups is 1. The molecule has 1 aromatic rings. The van der Waals surface area contributed by atoms with Gasteiger partial charge in [-0.15, -0.1) is 35.3 Å². The molecule has 132 valence electrons. The Morgan fingerprint density at radius 3 is 2.61 bits per heavy atom. The van der Waals surface area contributed by atoms with E-state index in [4.69, 9.17) is 0 Å². The summed E-state index contributed by atoms with van der Waals surface area (Å²) in [6.45, 7) is 9.71. The average molecular weight is 453 g/mol. The number of aromatic nitrogens is 1. The molecule has 0 fully saturated rings. The Morgan fingerprint density at radius 2 is 2.13 bits per heavy atom. The summed E-state index contributed by atoms with van der Waals surface area (Å²) < 4.78 is 0. The maximum atomic E-state index is 11.8. The molecule has 2 N–H and O–H groups in total. The smallest absolute Gasteiger partial charge is 0.227 e. The summed E-state index contributed by atoms with van der Waals surface area (Å²) in [6.07, 6.45) is 0. The van der Waals surface area contributed by atoms with Gasteiger partial charge in [0.2, 0.25) is 5.91 Å². The van der Waals surface area contributed by atoms with Crippen molar-refractivity contribution in [3.05, 3.63) is 16.1 Å². The molecule has 1 rings (SSSR count). The zero-order valence-corrected chi connectivity index (χ0v) is 17.9. The standard InChI is InChI=1S/C15H27N5OS.HI/c1-7-17-14(18-10-15(3,4)13(21)16-5)20(6)8-12-9-22-11(2)19-12;/h9H,7-8,10H2,1-6H3,(H,16,21)(H,17,18);1H. The van der Waals surface area contributed by atoms with Gasteiger partial charge in [-0.2, -0.15) is 0 Å². The van der Waals surface area contributed by atoms with Crippen LogP contribution < -0.4 is 10.6 Å². The van der Waals surface area contributed by atoms with Crippen LogP contribution in [0.1, 0.15) is 31.5 Å². The molecule has 1 aromatic heterocycles. The van der Waals surface area contributed by atoms with Crippen LogP contribution in [0, 0.1) is 12.3 Å². The van der Waals surface area contributed by atoms with Crippen molar-refractivity contribution in [3.63, 3.8) is 0 Å². The summed E-state index contributed by atoms with van der Waals surface area (Å²) in [5.41, 5.74) is 0.495. The van der Waals surface area contributed by atoms with Crippen molar-refractivity contribution in [1.29, 1.82) is 0 Å². The Labute approximate surface area is 160 Å². The van der Waals surface area contributed by atoms with Gasteiger partial charge in [-0.3, -0.25) is 9.79 Å². The molecule has 0 spiro atoms.